The van der Waals surface area contributed by atoms with Crippen molar-refractivity contribution in [3.05, 3.63) is 0 Å². The average molecular weight is 263 g/mol. The van der Waals surface area contributed by atoms with Crippen LogP contribution in [0.2, 0.25) is 0 Å². The van der Waals surface area contributed by atoms with E-state index in [1.54, 1.807) is 20.8 Å². The molecule has 0 saturated carbocycles. The molecule has 1 atom stereocenters. The van der Waals surface area contributed by atoms with Gasteiger partial charge in [-0.1, -0.05) is 13.3 Å². The maximum absolute atomic E-state index is 11.7. The Hall–Kier alpha value is -0.950. The largest absolute Gasteiger partial charge is 0.458 e. The Morgan fingerprint density at radius 2 is 2.06 bits per heavy atom. The van der Waals surface area contributed by atoms with Gasteiger partial charge in [0.1, 0.15) is 5.60 Å². The van der Waals surface area contributed by atoms with E-state index in [-0.39, 0.29) is 5.71 Å². The summed E-state index contributed by atoms with van der Waals surface area (Å²) in [5.74, 6) is -0.717. The van der Waals surface area contributed by atoms with Crippen molar-refractivity contribution >= 4 is 22.0 Å². The minimum Gasteiger partial charge on any atom is -0.458 e. The molecule has 0 saturated heterocycles. The van der Waals surface area contributed by atoms with Gasteiger partial charge in [-0.15, -0.1) is 4.40 Å². The maximum atomic E-state index is 11.7. The van der Waals surface area contributed by atoms with Crippen molar-refractivity contribution in [2.24, 2.45) is 4.40 Å². The number of hydrogen-bond donors (Lipinski definition) is 0. The highest BCUT2D eigenvalue weighted by molar-refractivity contribution is 7.85. The normalized spacial score (nSPS) is 23.3. The number of carbonyl (C=O) groups is 1. The van der Waals surface area contributed by atoms with E-state index in [1.807, 2.05) is 6.92 Å². The van der Waals surface area contributed by atoms with Crippen LogP contribution in [-0.4, -0.2) is 31.8 Å². The molecule has 1 aliphatic heterocycles. The van der Waals surface area contributed by atoms with Gasteiger partial charge in [0.25, 0.3) is 0 Å². The molecule has 0 fully saturated rings. The minimum absolute atomic E-state index is 0.210. The number of hydrogen-bond acceptors (Lipinski definition) is 5. The second-order valence-electron chi connectivity index (χ2n) is 4.77. The molecular formula is C10H17NO5S. The second kappa shape index (κ2) is 4.73. The van der Waals surface area contributed by atoms with Crippen LogP contribution in [0.1, 0.15) is 40.5 Å². The molecule has 6 nitrogen and oxygen atoms in total. The number of rotatable bonds is 3. The van der Waals surface area contributed by atoms with Crippen molar-refractivity contribution in [2.45, 2.75) is 52.2 Å². The smallest absolute Gasteiger partial charge is 0.382 e. The van der Waals surface area contributed by atoms with Gasteiger partial charge in [-0.3, -0.25) is 0 Å². The van der Waals surface area contributed by atoms with Crippen LogP contribution in [0.3, 0.4) is 0 Å². The van der Waals surface area contributed by atoms with Gasteiger partial charge >= 0.3 is 16.3 Å². The number of ether oxygens (including phenoxy) is 1. The van der Waals surface area contributed by atoms with Crippen molar-refractivity contribution in [3.8, 4) is 0 Å². The van der Waals surface area contributed by atoms with Crippen LogP contribution < -0.4 is 0 Å². The van der Waals surface area contributed by atoms with Crippen molar-refractivity contribution < 1.29 is 22.1 Å². The molecule has 1 rings (SSSR count). The van der Waals surface area contributed by atoms with Crippen LogP contribution in [0.15, 0.2) is 4.40 Å². The lowest BCUT2D eigenvalue weighted by atomic mass is 10.1. The zero-order valence-electron chi connectivity index (χ0n) is 10.4. The van der Waals surface area contributed by atoms with Crippen LogP contribution >= 0.6 is 0 Å². The van der Waals surface area contributed by atoms with E-state index < -0.39 is 28.0 Å². The first-order valence-electron chi connectivity index (χ1n) is 5.39. The molecular weight excluding hydrogens is 246 g/mol. The summed E-state index contributed by atoms with van der Waals surface area (Å²) < 4.78 is 35.5. The van der Waals surface area contributed by atoms with Crippen molar-refractivity contribution in [2.75, 3.05) is 0 Å². The number of esters is 1. The monoisotopic (exact) mass is 263 g/mol. The molecule has 7 heteroatoms. The van der Waals surface area contributed by atoms with E-state index in [0.29, 0.717) is 12.8 Å². The van der Waals surface area contributed by atoms with E-state index in [4.69, 9.17) is 4.74 Å². The van der Waals surface area contributed by atoms with Gasteiger partial charge in [0.15, 0.2) is 0 Å². The molecule has 0 aromatic carbocycles. The SMILES string of the molecule is CCCC1=NS(=O)(=O)OC1C(=O)OC(C)(C)C. The topological polar surface area (TPSA) is 82.0 Å². The molecule has 17 heavy (non-hydrogen) atoms. The summed E-state index contributed by atoms with van der Waals surface area (Å²) in [5.41, 5.74) is -0.480. The summed E-state index contributed by atoms with van der Waals surface area (Å²) in [4.78, 5) is 11.7. The fourth-order valence-electron chi connectivity index (χ4n) is 1.35. The molecule has 0 amide bonds. The summed E-state index contributed by atoms with van der Waals surface area (Å²) in [6.45, 7) is 6.96. The second-order valence-corrected chi connectivity index (χ2v) is 6.00. The number of carbonyl (C=O) groups excluding carboxylic acids is 1. The van der Waals surface area contributed by atoms with Gasteiger partial charge in [-0.2, -0.15) is 8.42 Å². The van der Waals surface area contributed by atoms with E-state index >= 15 is 0 Å². The third kappa shape index (κ3) is 4.08. The third-order valence-corrected chi connectivity index (χ3v) is 2.77. The Morgan fingerprint density at radius 1 is 1.47 bits per heavy atom. The van der Waals surface area contributed by atoms with Gasteiger partial charge in [0.2, 0.25) is 6.10 Å². The third-order valence-electron chi connectivity index (χ3n) is 1.88. The standard InChI is InChI=1S/C10H17NO5S/c1-5-6-7-8(16-17(13,14)11-7)9(12)15-10(2,3)4/h8H,5-6H2,1-4H3. The highest BCUT2D eigenvalue weighted by Gasteiger charge is 2.39. The Balaban J connectivity index is 2.85. The Labute approximate surface area is 101 Å². The molecule has 1 unspecified atom stereocenters. The molecule has 0 aromatic heterocycles. The molecule has 0 spiro atoms. The van der Waals surface area contributed by atoms with E-state index in [0.717, 1.165) is 0 Å². The predicted molar refractivity (Wildman–Crippen MR) is 62.0 cm³/mol. The highest BCUT2D eigenvalue weighted by Crippen LogP contribution is 2.20. The summed E-state index contributed by atoms with van der Waals surface area (Å²) in [6.07, 6.45) is -0.153. The van der Waals surface area contributed by atoms with E-state index in [9.17, 15) is 13.2 Å². The summed E-state index contributed by atoms with van der Waals surface area (Å²) in [7, 11) is -3.98. The zero-order chi connectivity index (χ0) is 13.3. The highest BCUT2D eigenvalue weighted by atomic mass is 32.2. The molecule has 1 heterocycles. The molecule has 1 aliphatic rings. The Morgan fingerprint density at radius 3 is 2.53 bits per heavy atom. The molecule has 0 N–H and O–H groups in total. The van der Waals surface area contributed by atoms with Crippen molar-refractivity contribution in [1.82, 2.24) is 0 Å². The van der Waals surface area contributed by atoms with Gasteiger partial charge in [-0.05, 0) is 27.2 Å². The fourth-order valence-corrected chi connectivity index (χ4v) is 2.30. The van der Waals surface area contributed by atoms with E-state index in [2.05, 4.69) is 8.58 Å². The summed E-state index contributed by atoms with van der Waals surface area (Å²) in [6, 6.07) is 0. The molecule has 0 radical (unpaired) electrons. The van der Waals surface area contributed by atoms with Gasteiger partial charge < -0.3 is 4.74 Å². The summed E-state index contributed by atoms with van der Waals surface area (Å²) >= 11 is 0. The zero-order valence-corrected chi connectivity index (χ0v) is 11.2. The quantitative estimate of drug-likeness (QED) is 0.715. The summed E-state index contributed by atoms with van der Waals surface area (Å²) in [5, 5.41) is 0. The fraction of sp³-hybridized carbons (Fsp3) is 0.800. The van der Waals surface area contributed by atoms with Crippen molar-refractivity contribution in [1.29, 1.82) is 0 Å². The first kappa shape index (κ1) is 14.1. The van der Waals surface area contributed by atoms with Crippen LogP contribution in [0.5, 0.6) is 0 Å². The van der Waals surface area contributed by atoms with Crippen LogP contribution in [0.4, 0.5) is 0 Å². The van der Waals surface area contributed by atoms with Gasteiger partial charge in [0.05, 0.1) is 5.71 Å². The lowest BCUT2D eigenvalue weighted by molar-refractivity contribution is -0.159. The minimum atomic E-state index is -3.98. The predicted octanol–water partition coefficient (Wildman–Crippen LogP) is 1.21. The molecule has 0 aliphatic carbocycles. The van der Waals surface area contributed by atoms with Crippen molar-refractivity contribution in [3.63, 3.8) is 0 Å². The maximum Gasteiger partial charge on any atom is 0.382 e. The van der Waals surface area contributed by atoms with Gasteiger partial charge in [-0.25, -0.2) is 8.98 Å². The number of nitrogens with zero attached hydrogens (tertiary/aromatic N) is 1. The van der Waals surface area contributed by atoms with Gasteiger partial charge in [0, 0.05) is 0 Å². The molecule has 98 valence electrons. The average Bonchev–Trinajstić information content (AvgIpc) is 2.39. The first-order valence-corrected chi connectivity index (χ1v) is 6.76. The Kier molecular flexibility index (Phi) is 3.93. The lowest BCUT2D eigenvalue weighted by Gasteiger charge is -2.21. The first-order chi connectivity index (χ1) is 7.64. The van der Waals surface area contributed by atoms with Crippen LogP contribution in [0.25, 0.3) is 0 Å². The lowest BCUT2D eigenvalue weighted by Crippen LogP contribution is -2.36. The molecule has 0 aromatic rings. The molecule has 0 bridgehead atoms. The van der Waals surface area contributed by atoms with E-state index in [1.165, 1.54) is 0 Å². The van der Waals surface area contributed by atoms with Crippen LogP contribution in [-0.2, 0) is 24.0 Å². The Bertz CT molecular complexity index is 432. The van der Waals surface area contributed by atoms with Crippen LogP contribution in [0, 0.1) is 0 Å².